The summed E-state index contributed by atoms with van der Waals surface area (Å²) in [5.41, 5.74) is 1.36. The minimum Gasteiger partial charge on any atom is -0.369 e. The van der Waals surface area contributed by atoms with Gasteiger partial charge in [0.15, 0.2) is 0 Å². The van der Waals surface area contributed by atoms with Crippen molar-refractivity contribution >= 4 is 5.69 Å². The average Bonchev–Trinajstić information content (AvgIpc) is 2.56. The molecular weight excluding hydrogens is 260 g/mol. The molecule has 0 atom stereocenters. The molecule has 0 aliphatic carbocycles. The zero-order chi connectivity index (χ0) is 14.7. The van der Waals surface area contributed by atoms with E-state index in [0.717, 1.165) is 32.2 Å². The van der Waals surface area contributed by atoms with Crippen LogP contribution < -0.4 is 4.90 Å². The fourth-order valence-corrected chi connectivity index (χ4v) is 3.53. The molecule has 4 heteroatoms. The van der Waals surface area contributed by atoms with E-state index in [1.807, 2.05) is 0 Å². The van der Waals surface area contributed by atoms with Crippen molar-refractivity contribution in [2.75, 3.05) is 58.3 Å². The minimum atomic E-state index is 0.770. The maximum atomic E-state index is 2.59. The Kier molecular flexibility index (Phi) is 4.78. The lowest BCUT2D eigenvalue weighted by Gasteiger charge is -2.45. The van der Waals surface area contributed by atoms with E-state index in [9.17, 15) is 0 Å². The molecule has 0 spiro atoms. The van der Waals surface area contributed by atoms with Crippen LogP contribution in [0.1, 0.15) is 12.8 Å². The van der Waals surface area contributed by atoms with Crippen LogP contribution in [0.25, 0.3) is 0 Å². The molecule has 0 saturated carbocycles. The first-order chi connectivity index (χ1) is 10.2. The molecule has 2 saturated heterocycles. The van der Waals surface area contributed by atoms with Crippen molar-refractivity contribution in [2.24, 2.45) is 0 Å². The van der Waals surface area contributed by atoms with Gasteiger partial charge in [0.25, 0.3) is 0 Å². The van der Waals surface area contributed by atoms with Crippen LogP contribution in [0.15, 0.2) is 30.3 Å². The molecule has 116 valence electrons. The second kappa shape index (κ2) is 6.77. The van der Waals surface area contributed by atoms with Crippen molar-refractivity contribution < 1.29 is 0 Å². The minimum absolute atomic E-state index is 0.770. The van der Waals surface area contributed by atoms with Crippen LogP contribution >= 0.6 is 0 Å². The van der Waals surface area contributed by atoms with E-state index < -0.39 is 0 Å². The average molecular weight is 288 g/mol. The van der Waals surface area contributed by atoms with Crippen molar-refractivity contribution in [3.05, 3.63) is 30.3 Å². The number of hydrazine groups is 1. The maximum absolute atomic E-state index is 2.59. The summed E-state index contributed by atoms with van der Waals surface area (Å²) in [6.07, 6.45) is 2.60. The number of para-hydroxylation sites is 1. The Balaban J connectivity index is 1.48. The van der Waals surface area contributed by atoms with Crippen molar-refractivity contribution in [2.45, 2.75) is 18.9 Å². The third-order valence-corrected chi connectivity index (χ3v) is 4.95. The molecule has 1 aromatic rings. The van der Waals surface area contributed by atoms with Crippen molar-refractivity contribution in [3.63, 3.8) is 0 Å². The number of hydrogen-bond acceptors (Lipinski definition) is 4. The Morgan fingerprint density at radius 1 is 0.810 bits per heavy atom. The van der Waals surface area contributed by atoms with E-state index in [4.69, 9.17) is 0 Å². The quantitative estimate of drug-likeness (QED) is 0.840. The van der Waals surface area contributed by atoms with Gasteiger partial charge >= 0.3 is 0 Å². The SMILES string of the molecule is CN(C)C1CCN(N2CCN(c3ccccc3)CC2)CC1. The highest BCUT2D eigenvalue weighted by molar-refractivity contribution is 5.46. The standard InChI is InChI=1S/C17H28N4/c1-18(2)16-8-10-20(11-9-16)21-14-12-19(13-15-21)17-6-4-3-5-7-17/h3-7,16H,8-15H2,1-2H3. The Morgan fingerprint density at radius 2 is 1.38 bits per heavy atom. The van der Waals surface area contributed by atoms with Gasteiger partial charge in [0.05, 0.1) is 0 Å². The number of nitrogens with zero attached hydrogens (tertiary/aromatic N) is 4. The number of benzene rings is 1. The first kappa shape index (κ1) is 14.8. The summed E-state index contributed by atoms with van der Waals surface area (Å²) in [6, 6.07) is 11.6. The summed E-state index contributed by atoms with van der Waals surface area (Å²) >= 11 is 0. The Morgan fingerprint density at radius 3 is 1.95 bits per heavy atom. The van der Waals surface area contributed by atoms with Gasteiger partial charge in [-0.05, 0) is 39.1 Å². The smallest absolute Gasteiger partial charge is 0.0367 e. The largest absolute Gasteiger partial charge is 0.369 e. The maximum Gasteiger partial charge on any atom is 0.0367 e. The van der Waals surface area contributed by atoms with Gasteiger partial charge in [-0.3, -0.25) is 0 Å². The molecule has 21 heavy (non-hydrogen) atoms. The summed E-state index contributed by atoms with van der Waals surface area (Å²) in [4.78, 5) is 4.88. The van der Waals surface area contributed by atoms with Crippen LogP contribution in [0, 0.1) is 0 Å². The fraction of sp³-hybridized carbons (Fsp3) is 0.647. The third kappa shape index (κ3) is 3.57. The summed E-state index contributed by atoms with van der Waals surface area (Å²) in [5, 5.41) is 5.16. The fourth-order valence-electron chi connectivity index (χ4n) is 3.53. The van der Waals surface area contributed by atoms with E-state index in [-0.39, 0.29) is 0 Å². The van der Waals surface area contributed by atoms with Crippen LogP contribution in [0.2, 0.25) is 0 Å². The van der Waals surface area contributed by atoms with Gasteiger partial charge in [0.1, 0.15) is 0 Å². The van der Waals surface area contributed by atoms with E-state index >= 15 is 0 Å². The number of piperazine rings is 1. The molecule has 0 N–H and O–H groups in total. The van der Waals surface area contributed by atoms with Gasteiger partial charge in [0.2, 0.25) is 0 Å². The number of anilines is 1. The first-order valence-corrected chi connectivity index (χ1v) is 8.20. The second-order valence-electron chi connectivity index (χ2n) is 6.42. The van der Waals surface area contributed by atoms with Crippen LogP contribution in [0.3, 0.4) is 0 Å². The number of piperidine rings is 1. The normalized spacial score (nSPS) is 22.9. The molecule has 0 bridgehead atoms. The highest BCUT2D eigenvalue weighted by Gasteiger charge is 2.27. The van der Waals surface area contributed by atoms with Gasteiger partial charge < -0.3 is 9.80 Å². The number of rotatable bonds is 3. The van der Waals surface area contributed by atoms with Crippen LogP contribution in [-0.2, 0) is 0 Å². The molecule has 0 amide bonds. The lowest BCUT2D eigenvalue weighted by molar-refractivity contribution is -0.0553. The molecule has 0 unspecified atom stereocenters. The number of hydrogen-bond donors (Lipinski definition) is 0. The molecule has 1 aromatic carbocycles. The zero-order valence-electron chi connectivity index (χ0n) is 13.4. The summed E-state index contributed by atoms with van der Waals surface area (Å²) in [5.74, 6) is 0. The second-order valence-corrected chi connectivity index (χ2v) is 6.42. The van der Waals surface area contributed by atoms with E-state index in [2.05, 4.69) is 64.2 Å². The van der Waals surface area contributed by atoms with Gasteiger partial charge in [-0.25, -0.2) is 10.0 Å². The molecule has 2 aliphatic heterocycles. The Labute approximate surface area is 128 Å². The summed E-state index contributed by atoms with van der Waals surface area (Å²) < 4.78 is 0. The zero-order valence-corrected chi connectivity index (χ0v) is 13.4. The predicted molar refractivity (Wildman–Crippen MR) is 88.5 cm³/mol. The molecule has 2 heterocycles. The van der Waals surface area contributed by atoms with Crippen LogP contribution in [-0.4, -0.2) is 74.3 Å². The molecule has 4 nitrogen and oxygen atoms in total. The van der Waals surface area contributed by atoms with Gasteiger partial charge in [-0.2, -0.15) is 0 Å². The topological polar surface area (TPSA) is 13.0 Å². The predicted octanol–water partition coefficient (Wildman–Crippen LogP) is 1.75. The summed E-state index contributed by atoms with van der Waals surface area (Å²) in [7, 11) is 4.41. The van der Waals surface area contributed by atoms with Crippen LogP contribution in [0.5, 0.6) is 0 Å². The lowest BCUT2D eigenvalue weighted by Crippen LogP contribution is -2.56. The van der Waals surface area contributed by atoms with E-state index in [0.29, 0.717) is 0 Å². The van der Waals surface area contributed by atoms with Crippen molar-refractivity contribution in [1.29, 1.82) is 0 Å². The molecule has 3 rings (SSSR count). The first-order valence-electron chi connectivity index (χ1n) is 8.20. The third-order valence-electron chi connectivity index (χ3n) is 4.95. The summed E-state index contributed by atoms with van der Waals surface area (Å²) in [6.45, 7) is 7.01. The van der Waals surface area contributed by atoms with Crippen molar-refractivity contribution in [1.82, 2.24) is 14.9 Å². The molecule has 2 fully saturated rings. The highest BCUT2D eigenvalue weighted by Crippen LogP contribution is 2.20. The molecule has 0 radical (unpaired) electrons. The van der Waals surface area contributed by atoms with Gasteiger partial charge in [-0.15, -0.1) is 0 Å². The van der Waals surface area contributed by atoms with Crippen LogP contribution in [0.4, 0.5) is 5.69 Å². The molecular formula is C17H28N4. The Hall–Kier alpha value is -1.10. The monoisotopic (exact) mass is 288 g/mol. The van der Waals surface area contributed by atoms with Gasteiger partial charge in [-0.1, -0.05) is 18.2 Å². The Bertz CT molecular complexity index is 418. The lowest BCUT2D eigenvalue weighted by atomic mass is 10.1. The highest BCUT2D eigenvalue weighted by atomic mass is 15.6. The van der Waals surface area contributed by atoms with Crippen molar-refractivity contribution in [3.8, 4) is 0 Å². The van der Waals surface area contributed by atoms with Gasteiger partial charge in [0, 0.05) is 51.0 Å². The molecule has 0 aromatic heterocycles. The van der Waals surface area contributed by atoms with E-state index in [1.54, 1.807) is 0 Å². The van der Waals surface area contributed by atoms with E-state index in [1.165, 1.54) is 31.6 Å². The molecule has 2 aliphatic rings.